The molecule has 0 bridgehead atoms. The van der Waals surface area contributed by atoms with Crippen molar-refractivity contribution < 1.29 is 14.4 Å². The first-order valence-corrected chi connectivity index (χ1v) is 13.0. The Bertz CT molecular complexity index is 1350. The Labute approximate surface area is 220 Å². The van der Waals surface area contributed by atoms with Crippen LogP contribution in [0, 0.1) is 0 Å². The molecule has 1 aliphatic carbocycles. The van der Waals surface area contributed by atoms with Gasteiger partial charge in [0.15, 0.2) is 0 Å². The van der Waals surface area contributed by atoms with E-state index in [9.17, 15) is 14.4 Å². The Morgan fingerprint density at radius 3 is 2.53 bits per heavy atom. The molecule has 1 N–H and O–H groups in total. The number of carbonyl (C=O) groups is 3. The van der Waals surface area contributed by atoms with Crippen LogP contribution in [0.25, 0.3) is 10.8 Å². The monoisotopic (exact) mass is 523 g/mol. The Morgan fingerprint density at radius 2 is 1.81 bits per heavy atom. The van der Waals surface area contributed by atoms with Crippen molar-refractivity contribution in [2.45, 2.75) is 51.2 Å². The quantitative estimate of drug-likeness (QED) is 0.439. The highest BCUT2D eigenvalue weighted by Gasteiger charge is 2.35. The number of nitrogens with zero attached hydrogens (tertiary/aromatic N) is 2. The van der Waals surface area contributed by atoms with Gasteiger partial charge in [0.1, 0.15) is 12.6 Å². The molecule has 0 radical (unpaired) electrons. The van der Waals surface area contributed by atoms with E-state index in [0.29, 0.717) is 26.9 Å². The highest BCUT2D eigenvalue weighted by molar-refractivity contribution is 6.35. The van der Waals surface area contributed by atoms with Crippen LogP contribution >= 0.6 is 23.2 Å². The number of rotatable bonds is 7. The van der Waals surface area contributed by atoms with Crippen LogP contribution in [-0.4, -0.2) is 41.2 Å². The molecule has 2 aliphatic rings. The summed E-state index contributed by atoms with van der Waals surface area (Å²) >= 11 is 12.5. The topological polar surface area (TPSA) is 69.7 Å². The van der Waals surface area contributed by atoms with Crippen molar-refractivity contribution in [3.05, 3.63) is 75.8 Å². The summed E-state index contributed by atoms with van der Waals surface area (Å²) in [5, 5.41) is 5.78. The molecule has 0 aromatic heterocycles. The van der Waals surface area contributed by atoms with Crippen LogP contribution in [0.4, 0.5) is 5.69 Å². The van der Waals surface area contributed by atoms with Crippen molar-refractivity contribution in [1.82, 2.24) is 10.2 Å². The Balaban J connectivity index is 1.42. The van der Waals surface area contributed by atoms with Crippen LogP contribution in [0.1, 0.15) is 48.5 Å². The molecule has 0 saturated heterocycles. The van der Waals surface area contributed by atoms with Gasteiger partial charge in [-0.1, -0.05) is 66.4 Å². The van der Waals surface area contributed by atoms with Gasteiger partial charge in [-0.15, -0.1) is 0 Å². The highest BCUT2D eigenvalue weighted by Crippen LogP contribution is 2.37. The first-order valence-electron chi connectivity index (χ1n) is 12.2. The third-order valence-electron chi connectivity index (χ3n) is 7.17. The lowest BCUT2D eigenvalue weighted by atomic mass is 10.1. The molecule has 3 aromatic rings. The first kappa shape index (κ1) is 24.6. The number of anilines is 1. The Morgan fingerprint density at radius 1 is 1.08 bits per heavy atom. The number of amides is 3. The molecular formula is C28H27Cl2N3O3. The third-order valence-corrected chi connectivity index (χ3v) is 7.75. The summed E-state index contributed by atoms with van der Waals surface area (Å²) < 4.78 is 0. The molecule has 3 amide bonds. The van der Waals surface area contributed by atoms with Gasteiger partial charge in [0.05, 0.1) is 5.69 Å². The molecule has 6 nitrogen and oxygen atoms in total. The van der Waals surface area contributed by atoms with E-state index in [4.69, 9.17) is 23.2 Å². The van der Waals surface area contributed by atoms with Crippen molar-refractivity contribution in [2.24, 2.45) is 0 Å². The van der Waals surface area contributed by atoms with Crippen LogP contribution in [0.5, 0.6) is 0 Å². The van der Waals surface area contributed by atoms with Crippen molar-refractivity contribution in [2.75, 3.05) is 11.4 Å². The van der Waals surface area contributed by atoms with Gasteiger partial charge in [-0.3, -0.25) is 19.3 Å². The molecule has 1 aliphatic heterocycles. The second-order valence-electron chi connectivity index (χ2n) is 9.50. The summed E-state index contributed by atoms with van der Waals surface area (Å²) in [7, 11) is 0. The number of nitrogens with one attached hydrogen (secondary N) is 1. The lowest BCUT2D eigenvalue weighted by Gasteiger charge is -2.31. The maximum Gasteiger partial charge on any atom is 0.259 e. The third kappa shape index (κ3) is 4.67. The lowest BCUT2D eigenvalue weighted by molar-refractivity contribution is -0.139. The zero-order valence-electron chi connectivity index (χ0n) is 20.0. The van der Waals surface area contributed by atoms with Gasteiger partial charge in [0.2, 0.25) is 11.8 Å². The minimum Gasteiger partial charge on any atom is -0.352 e. The van der Waals surface area contributed by atoms with E-state index in [-0.39, 0.29) is 36.9 Å². The van der Waals surface area contributed by atoms with Crippen molar-refractivity contribution in [3.8, 4) is 0 Å². The molecule has 186 valence electrons. The molecule has 3 aromatic carbocycles. The summed E-state index contributed by atoms with van der Waals surface area (Å²) in [5.74, 6) is -0.769. The number of carbonyl (C=O) groups excluding carboxylic acids is 3. The number of halogens is 2. The molecule has 1 heterocycles. The van der Waals surface area contributed by atoms with Crippen LogP contribution in [0.3, 0.4) is 0 Å². The second kappa shape index (κ2) is 10.1. The van der Waals surface area contributed by atoms with Crippen LogP contribution in [0.2, 0.25) is 10.0 Å². The molecule has 1 fully saturated rings. The van der Waals surface area contributed by atoms with E-state index in [0.717, 1.165) is 36.5 Å². The van der Waals surface area contributed by atoms with E-state index in [2.05, 4.69) is 5.32 Å². The lowest BCUT2D eigenvalue weighted by Crippen LogP contribution is -2.52. The van der Waals surface area contributed by atoms with Gasteiger partial charge >= 0.3 is 0 Å². The Kier molecular flexibility index (Phi) is 6.91. The van der Waals surface area contributed by atoms with Gasteiger partial charge < -0.3 is 10.2 Å². The van der Waals surface area contributed by atoms with Crippen LogP contribution < -0.4 is 10.2 Å². The SMILES string of the molecule is C[C@@H](C(=O)NC1CCCC1)N(Cc1ccc(Cl)cc1Cl)C(=O)CN1C(=O)c2cccc3cccc1c23. The molecule has 8 heteroatoms. The standard InChI is InChI=1S/C28H27Cl2N3O3/c1-17(27(35)31-21-8-2-3-9-21)32(15-19-12-13-20(29)14-23(19)30)25(34)16-33-24-11-5-7-18-6-4-10-22(26(18)24)28(33)36/h4-7,10-14,17,21H,2-3,8-9,15-16H2,1H3,(H,31,35)/t17-/m0/s1. The zero-order valence-corrected chi connectivity index (χ0v) is 21.5. The fourth-order valence-corrected chi connectivity index (χ4v) is 5.64. The number of benzene rings is 3. The molecule has 5 rings (SSSR count). The average Bonchev–Trinajstić information content (AvgIpc) is 3.47. The van der Waals surface area contributed by atoms with E-state index in [1.165, 1.54) is 9.80 Å². The largest absolute Gasteiger partial charge is 0.352 e. The molecule has 36 heavy (non-hydrogen) atoms. The molecule has 0 spiro atoms. The summed E-state index contributed by atoms with van der Waals surface area (Å²) in [5.41, 5.74) is 1.96. The first-order chi connectivity index (χ1) is 17.3. The predicted molar refractivity (Wildman–Crippen MR) is 142 cm³/mol. The minimum absolute atomic E-state index is 0.118. The van der Waals surface area contributed by atoms with Gasteiger partial charge in [-0.2, -0.15) is 0 Å². The van der Waals surface area contributed by atoms with Crippen molar-refractivity contribution in [3.63, 3.8) is 0 Å². The van der Waals surface area contributed by atoms with E-state index in [1.807, 2.05) is 30.3 Å². The molecule has 1 saturated carbocycles. The predicted octanol–water partition coefficient (Wildman–Crippen LogP) is 5.58. The van der Waals surface area contributed by atoms with Gasteiger partial charge in [0.25, 0.3) is 5.91 Å². The van der Waals surface area contributed by atoms with E-state index in [1.54, 1.807) is 31.2 Å². The van der Waals surface area contributed by atoms with Gasteiger partial charge in [0, 0.05) is 33.6 Å². The minimum atomic E-state index is -0.749. The van der Waals surface area contributed by atoms with E-state index < -0.39 is 6.04 Å². The summed E-state index contributed by atoms with van der Waals surface area (Å²) in [6.45, 7) is 1.65. The second-order valence-corrected chi connectivity index (χ2v) is 10.3. The van der Waals surface area contributed by atoms with Gasteiger partial charge in [-0.25, -0.2) is 0 Å². The molecular weight excluding hydrogens is 497 g/mol. The molecule has 1 atom stereocenters. The Hall–Kier alpha value is -3.09. The van der Waals surface area contributed by atoms with Gasteiger partial charge in [-0.05, 0) is 55.0 Å². The normalized spacial score (nSPS) is 16.0. The fraction of sp³-hybridized carbons (Fsp3) is 0.321. The zero-order chi connectivity index (χ0) is 25.4. The average molecular weight is 524 g/mol. The van der Waals surface area contributed by atoms with Crippen molar-refractivity contribution in [1.29, 1.82) is 0 Å². The van der Waals surface area contributed by atoms with Crippen LogP contribution in [0.15, 0.2) is 54.6 Å². The maximum absolute atomic E-state index is 13.8. The highest BCUT2D eigenvalue weighted by atomic mass is 35.5. The summed E-state index contributed by atoms with van der Waals surface area (Å²) in [6, 6.07) is 15.7. The fourth-order valence-electron chi connectivity index (χ4n) is 5.17. The number of hydrogen-bond acceptors (Lipinski definition) is 3. The molecule has 0 unspecified atom stereocenters. The smallest absolute Gasteiger partial charge is 0.259 e. The summed E-state index contributed by atoms with van der Waals surface area (Å²) in [6.07, 6.45) is 4.07. The summed E-state index contributed by atoms with van der Waals surface area (Å²) in [4.78, 5) is 43.2. The van der Waals surface area contributed by atoms with Crippen LogP contribution in [-0.2, 0) is 16.1 Å². The number of hydrogen-bond donors (Lipinski definition) is 1. The van der Waals surface area contributed by atoms with E-state index >= 15 is 0 Å². The maximum atomic E-state index is 13.8. The van der Waals surface area contributed by atoms with Crippen molar-refractivity contribution >= 4 is 57.4 Å².